The highest BCUT2D eigenvalue weighted by molar-refractivity contribution is 5.94. The number of esters is 1. The van der Waals surface area contributed by atoms with Crippen LogP contribution < -0.4 is 14.8 Å². The smallest absolute Gasteiger partial charge is 0.344 e. The summed E-state index contributed by atoms with van der Waals surface area (Å²) in [7, 11) is 1.53. The van der Waals surface area contributed by atoms with Gasteiger partial charge in [-0.2, -0.15) is 0 Å². The summed E-state index contributed by atoms with van der Waals surface area (Å²) in [6.07, 6.45) is 3.84. The second-order valence-corrected chi connectivity index (χ2v) is 6.17. The minimum Gasteiger partial charge on any atom is -0.493 e. The Morgan fingerprint density at radius 3 is 2.39 bits per heavy atom. The van der Waals surface area contributed by atoms with E-state index in [1.54, 1.807) is 12.1 Å². The quantitative estimate of drug-likeness (QED) is 0.700. The van der Waals surface area contributed by atoms with E-state index < -0.39 is 11.9 Å². The van der Waals surface area contributed by atoms with Crippen molar-refractivity contribution in [2.75, 3.05) is 25.6 Å². The minimum atomic E-state index is -0.642. The first kappa shape index (κ1) is 21.0. The van der Waals surface area contributed by atoms with Crippen molar-refractivity contribution in [3.05, 3.63) is 59.2 Å². The summed E-state index contributed by atoms with van der Waals surface area (Å²) in [4.78, 5) is 23.9. The number of amides is 1. The maximum atomic E-state index is 12.0. The van der Waals surface area contributed by atoms with Gasteiger partial charge in [-0.3, -0.25) is 4.79 Å². The Kier molecular flexibility index (Phi) is 7.63. The van der Waals surface area contributed by atoms with Gasteiger partial charge in [0.1, 0.15) is 0 Å². The number of allylic oxidation sites excluding steroid dienone is 1. The average molecular weight is 383 g/mol. The predicted octanol–water partition coefficient (Wildman–Crippen LogP) is 3.91. The summed E-state index contributed by atoms with van der Waals surface area (Å²) in [5.41, 5.74) is 3.57. The molecular weight excluding hydrogens is 358 g/mol. The second-order valence-electron chi connectivity index (χ2n) is 6.17. The van der Waals surface area contributed by atoms with E-state index in [4.69, 9.17) is 14.2 Å². The molecule has 0 atom stereocenters. The number of benzene rings is 2. The van der Waals surface area contributed by atoms with Gasteiger partial charge in [0.15, 0.2) is 24.7 Å². The number of para-hydroxylation sites is 1. The number of hydrogen-bond acceptors (Lipinski definition) is 5. The molecule has 6 heteroatoms. The molecule has 0 aliphatic carbocycles. The van der Waals surface area contributed by atoms with Crippen molar-refractivity contribution in [2.24, 2.45) is 0 Å². The Morgan fingerprint density at radius 2 is 1.75 bits per heavy atom. The third kappa shape index (κ3) is 5.87. The number of rotatable bonds is 8. The first-order chi connectivity index (χ1) is 13.4. The van der Waals surface area contributed by atoms with E-state index in [9.17, 15) is 9.59 Å². The SMILES string of the molecule is C/C=C/c1ccc(OCC(=O)OCC(=O)Nc2c(C)cccc2C)c(OC)c1. The topological polar surface area (TPSA) is 73.9 Å². The van der Waals surface area contributed by atoms with E-state index in [2.05, 4.69) is 5.32 Å². The van der Waals surface area contributed by atoms with Crippen molar-refractivity contribution in [3.8, 4) is 11.5 Å². The van der Waals surface area contributed by atoms with Crippen molar-refractivity contribution < 1.29 is 23.8 Å². The lowest BCUT2D eigenvalue weighted by atomic mass is 10.1. The van der Waals surface area contributed by atoms with Gasteiger partial charge in [-0.05, 0) is 49.6 Å². The molecule has 0 aliphatic rings. The van der Waals surface area contributed by atoms with Gasteiger partial charge < -0.3 is 19.5 Å². The van der Waals surface area contributed by atoms with Crippen molar-refractivity contribution in [1.82, 2.24) is 0 Å². The highest BCUT2D eigenvalue weighted by Crippen LogP contribution is 2.28. The van der Waals surface area contributed by atoms with Crippen LogP contribution in [0.15, 0.2) is 42.5 Å². The molecule has 0 heterocycles. The van der Waals surface area contributed by atoms with Crippen LogP contribution in [0, 0.1) is 13.8 Å². The Labute approximate surface area is 165 Å². The highest BCUT2D eigenvalue weighted by atomic mass is 16.6. The number of ether oxygens (including phenoxy) is 3. The van der Waals surface area contributed by atoms with Crippen LogP contribution in [0.3, 0.4) is 0 Å². The molecule has 0 saturated heterocycles. The number of aryl methyl sites for hydroxylation is 2. The molecular formula is C22H25NO5. The van der Waals surface area contributed by atoms with Crippen molar-refractivity contribution in [2.45, 2.75) is 20.8 Å². The molecule has 0 unspecified atom stereocenters. The summed E-state index contributed by atoms with van der Waals surface area (Å²) < 4.78 is 15.7. The largest absolute Gasteiger partial charge is 0.493 e. The molecule has 0 aliphatic heterocycles. The van der Waals surface area contributed by atoms with Gasteiger partial charge in [0.2, 0.25) is 0 Å². The fourth-order valence-electron chi connectivity index (χ4n) is 2.61. The molecule has 6 nitrogen and oxygen atoms in total. The predicted molar refractivity (Wildman–Crippen MR) is 109 cm³/mol. The maximum absolute atomic E-state index is 12.0. The van der Waals surface area contributed by atoms with Crippen LogP contribution in [0.2, 0.25) is 0 Å². The molecule has 0 radical (unpaired) electrons. The molecule has 0 bridgehead atoms. The number of hydrogen-bond donors (Lipinski definition) is 1. The zero-order valence-electron chi connectivity index (χ0n) is 16.6. The van der Waals surface area contributed by atoms with Gasteiger partial charge in [-0.15, -0.1) is 0 Å². The Hall–Kier alpha value is -3.28. The molecule has 0 aromatic heterocycles. The Morgan fingerprint density at radius 1 is 1.04 bits per heavy atom. The molecule has 0 spiro atoms. The third-order valence-corrected chi connectivity index (χ3v) is 4.00. The molecule has 148 valence electrons. The summed E-state index contributed by atoms with van der Waals surface area (Å²) >= 11 is 0. The van der Waals surface area contributed by atoms with Gasteiger partial charge in [-0.1, -0.05) is 36.4 Å². The molecule has 0 fully saturated rings. The van der Waals surface area contributed by atoms with Crippen molar-refractivity contribution in [3.63, 3.8) is 0 Å². The molecule has 28 heavy (non-hydrogen) atoms. The monoisotopic (exact) mass is 383 g/mol. The molecule has 0 saturated carbocycles. The van der Waals surface area contributed by atoms with Crippen LogP contribution in [-0.4, -0.2) is 32.2 Å². The normalized spacial score (nSPS) is 10.6. The Balaban J connectivity index is 1.85. The summed E-state index contributed by atoms with van der Waals surface area (Å²) in [6, 6.07) is 11.1. The van der Waals surface area contributed by atoms with Crippen LogP contribution in [0.4, 0.5) is 5.69 Å². The molecule has 2 aromatic carbocycles. The van der Waals surface area contributed by atoms with E-state index in [1.807, 2.05) is 57.2 Å². The summed E-state index contributed by atoms with van der Waals surface area (Å²) in [5.74, 6) is -0.112. The standard InChI is InChI=1S/C22H25NO5/c1-5-7-17-10-11-18(19(12-17)26-4)27-14-21(25)28-13-20(24)23-22-15(2)8-6-9-16(22)3/h5-12H,13-14H2,1-4H3,(H,23,24)/b7-5+. The van der Waals surface area contributed by atoms with E-state index in [-0.39, 0.29) is 13.2 Å². The summed E-state index contributed by atoms with van der Waals surface area (Å²) in [5, 5.41) is 2.76. The number of carbonyl (C=O) groups excluding carboxylic acids is 2. The lowest BCUT2D eigenvalue weighted by Crippen LogP contribution is -2.24. The van der Waals surface area contributed by atoms with Gasteiger partial charge in [0, 0.05) is 5.69 Å². The van der Waals surface area contributed by atoms with E-state index >= 15 is 0 Å². The molecule has 1 N–H and O–H groups in total. The molecule has 2 aromatic rings. The fourth-order valence-corrected chi connectivity index (χ4v) is 2.61. The first-order valence-electron chi connectivity index (χ1n) is 8.89. The third-order valence-electron chi connectivity index (χ3n) is 4.00. The lowest BCUT2D eigenvalue weighted by molar-refractivity contribution is -0.149. The van der Waals surface area contributed by atoms with E-state index in [0.717, 1.165) is 22.4 Å². The fraction of sp³-hybridized carbons (Fsp3) is 0.273. The highest BCUT2D eigenvalue weighted by Gasteiger charge is 2.12. The zero-order chi connectivity index (χ0) is 20.5. The lowest BCUT2D eigenvalue weighted by Gasteiger charge is -2.12. The van der Waals surface area contributed by atoms with Gasteiger partial charge in [0.25, 0.3) is 5.91 Å². The van der Waals surface area contributed by atoms with E-state index in [1.165, 1.54) is 7.11 Å². The van der Waals surface area contributed by atoms with Gasteiger partial charge in [0.05, 0.1) is 7.11 Å². The van der Waals surface area contributed by atoms with Crippen LogP contribution in [0.5, 0.6) is 11.5 Å². The second kappa shape index (κ2) is 10.2. The zero-order valence-corrected chi connectivity index (χ0v) is 16.6. The van der Waals surface area contributed by atoms with Crippen LogP contribution >= 0.6 is 0 Å². The first-order valence-corrected chi connectivity index (χ1v) is 8.89. The minimum absolute atomic E-state index is 0.323. The van der Waals surface area contributed by atoms with Gasteiger partial charge in [-0.25, -0.2) is 4.79 Å². The van der Waals surface area contributed by atoms with Crippen LogP contribution in [0.25, 0.3) is 6.08 Å². The van der Waals surface area contributed by atoms with Crippen molar-refractivity contribution >= 4 is 23.6 Å². The number of nitrogens with one attached hydrogen (secondary N) is 1. The van der Waals surface area contributed by atoms with Gasteiger partial charge >= 0.3 is 5.97 Å². The van der Waals surface area contributed by atoms with E-state index in [0.29, 0.717) is 11.5 Å². The summed E-state index contributed by atoms with van der Waals surface area (Å²) in [6.45, 7) is 5.02. The number of carbonyl (C=O) groups is 2. The van der Waals surface area contributed by atoms with Crippen LogP contribution in [-0.2, 0) is 14.3 Å². The number of methoxy groups -OCH3 is 1. The molecule has 1 amide bonds. The van der Waals surface area contributed by atoms with Crippen LogP contribution in [0.1, 0.15) is 23.6 Å². The number of anilines is 1. The van der Waals surface area contributed by atoms with Crippen molar-refractivity contribution in [1.29, 1.82) is 0 Å². The average Bonchev–Trinajstić information content (AvgIpc) is 2.68. The molecule has 2 rings (SSSR count). The Bertz CT molecular complexity index is 853. The maximum Gasteiger partial charge on any atom is 0.344 e.